The van der Waals surface area contributed by atoms with E-state index in [1.807, 2.05) is 49.4 Å². The van der Waals surface area contributed by atoms with Crippen molar-refractivity contribution in [3.63, 3.8) is 0 Å². The van der Waals surface area contributed by atoms with E-state index in [1.165, 1.54) is 32.1 Å². The third kappa shape index (κ3) is 6.37. The van der Waals surface area contributed by atoms with E-state index in [0.29, 0.717) is 6.61 Å². The summed E-state index contributed by atoms with van der Waals surface area (Å²) < 4.78 is 5.43. The minimum Gasteiger partial charge on any atom is -0.494 e. The summed E-state index contributed by atoms with van der Waals surface area (Å²) in [5.41, 5.74) is 1.14. The zero-order valence-electron chi connectivity index (χ0n) is 14.4. The summed E-state index contributed by atoms with van der Waals surface area (Å²) in [7, 11) is 0. The molecule has 0 saturated heterocycles. The number of allylic oxidation sites excluding steroid dienone is 3. The Balaban J connectivity index is 1.75. The Labute approximate surface area is 141 Å². The summed E-state index contributed by atoms with van der Waals surface area (Å²) in [5.74, 6) is 8.81. The van der Waals surface area contributed by atoms with Gasteiger partial charge < -0.3 is 4.74 Å². The van der Waals surface area contributed by atoms with Crippen molar-refractivity contribution in [1.29, 1.82) is 0 Å². The van der Waals surface area contributed by atoms with Crippen LogP contribution in [0.1, 0.15) is 51.5 Å². The van der Waals surface area contributed by atoms with Gasteiger partial charge in [-0.15, -0.1) is 0 Å². The number of ether oxygens (including phenoxy) is 1. The average Bonchev–Trinajstić information content (AvgIpc) is 2.60. The number of benzene rings is 1. The molecule has 122 valence electrons. The van der Waals surface area contributed by atoms with Crippen LogP contribution >= 0.6 is 0 Å². The first-order chi connectivity index (χ1) is 11.3. The van der Waals surface area contributed by atoms with Gasteiger partial charge in [0, 0.05) is 0 Å². The maximum atomic E-state index is 5.43. The molecule has 0 radical (unpaired) electrons. The lowest BCUT2D eigenvalue weighted by Crippen LogP contribution is -2.11. The van der Waals surface area contributed by atoms with Gasteiger partial charge in [-0.2, -0.15) is 0 Å². The largest absolute Gasteiger partial charge is 0.494 e. The Morgan fingerprint density at radius 3 is 2.35 bits per heavy atom. The Hall–Kier alpha value is -1.94. The number of hydrogen-bond acceptors (Lipinski definition) is 1. The van der Waals surface area contributed by atoms with Crippen LogP contribution in [0.4, 0.5) is 0 Å². The fourth-order valence-electron chi connectivity index (χ4n) is 3.05. The molecule has 0 bridgehead atoms. The highest BCUT2D eigenvalue weighted by molar-refractivity contribution is 5.54. The first-order valence-corrected chi connectivity index (χ1v) is 8.89. The van der Waals surface area contributed by atoms with Gasteiger partial charge >= 0.3 is 0 Å². The van der Waals surface area contributed by atoms with E-state index in [-0.39, 0.29) is 0 Å². The molecule has 1 fully saturated rings. The molecule has 0 heterocycles. The van der Waals surface area contributed by atoms with Crippen LogP contribution in [0.2, 0.25) is 0 Å². The second-order valence-corrected chi connectivity index (χ2v) is 6.17. The van der Waals surface area contributed by atoms with Crippen molar-refractivity contribution in [3.8, 4) is 17.6 Å². The molecule has 1 heteroatoms. The van der Waals surface area contributed by atoms with Gasteiger partial charge in [0.15, 0.2) is 0 Å². The maximum Gasteiger partial charge on any atom is 0.119 e. The first-order valence-electron chi connectivity index (χ1n) is 8.89. The Kier molecular flexibility index (Phi) is 7.54. The fraction of sp³-hybridized carbons (Fsp3) is 0.455. The molecule has 0 N–H and O–H groups in total. The van der Waals surface area contributed by atoms with Crippen LogP contribution in [-0.2, 0) is 0 Å². The molecule has 0 amide bonds. The van der Waals surface area contributed by atoms with Gasteiger partial charge in [-0.05, 0) is 80.4 Å². The van der Waals surface area contributed by atoms with Gasteiger partial charge in [0.2, 0.25) is 0 Å². The van der Waals surface area contributed by atoms with Gasteiger partial charge in [0.05, 0.1) is 6.61 Å². The van der Waals surface area contributed by atoms with Gasteiger partial charge in [-0.25, -0.2) is 0 Å². The van der Waals surface area contributed by atoms with Crippen LogP contribution in [0, 0.1) is 23.7 Å². The van der Waals surface area contributed by atoms with E-state index in [2.05, 4.69) is 24.8 Å². The summed E-state index contributed by atoms with van der Waals surface area (Å²) in [6, 6.07) is 8.07. The molecule has 0 aromatic heterocycles. The van der Waals surface area contributed by atoms with E-state index in [4.69, 9.17) is 4.74 Å². The highest BCUT2D eigenvalue weighted by Gasteiger charge is 2.17. The minimum atomic E-state index is 0.701. The van der Waals surface area contributed by atoms with Gasteiger partial charge in [-0.3, -0.25) is 0 Å². The molecular weight excluding hydrogens is 280 g/mol. The molecule has 1 aliphatic rings. The van der Waals surface area contributed by atoms with Crippen LogP contribution in [0.15, 0.2) is 42.5 Å². The Bertz CT molecular complexity index is 560. The van der Waals surface area contributed by atoms with E-state index in [1.54, 1.807) is 0 Å². The molecule has 1 aromatic rings. The van der Waals surface area contributed by atoms with E-state index in [0.717, 1.165) is 23.1 Å². The van der Waals surface area contributed by atoms with E-state index >= 15 is 0 Å². The molecule has 0 unspecified atom stereocenters. The molecule has 2 rings (SSSR count). The maximum absolute atomic E-state index is 5.43. The zero-order valence-corrected chi connectivity index (χ0v) is 14.4. The second-order valence-electron chi connectivity index (χ2n) is 6.17. The molecule has 1 saturated carbocycles. The molecule has 0 atom stereocenters. The van der Waals surface area contributed by atoms with Crippen molar-refractivity contribution in [2.24, 2.45) is 11.8 Å². The monoisotopic (exact) mass is 308 g/mol. The molecule has 1 nitrogen and oxygen atoms in total. The lowest BCUT2D eigenvalue weighted by Gasteiger charge is -2.25. The van der Waals surface area contributed by atoms with Crippen LogP contribution in [0.25, 0.3) is 6.08 Å². The summed E-state index contributed by atoms with van der Waals surface area (Å²) in [6.07, 6.45) is 15.0. The van der Waals surface area contributed by atoms with E-state index < -0.39 is 0 Å². The third-order valence-corrected chi connectivity index (χ3v) is 4.55. The number of rotatable bonds is 5. The second kappa shape index (κ2) is 9.95. The molecule has 1 aliphatic carbocycles. The summed E-state index contributed by atoms with van der Waals surface area (Å²) >= 11 is 0. The van der Waals surface area contributed by atoms with Crippen molar-refractivity contribution in [2.45, 2.75) is 46.0 Å². The number of hydrogen-bond donors (Lipinski definition) is 0. The predicted molar refractivity (Wildman–Crippen MR) is 99.3 cm³/mol. The van der Waals surface area contributed by atoms with Gasteiger partial charge in [0.25, 0.3) is 0 Å². The van der Waals surface area contributed by atoms with Gasteiger partial charge in [0.1, 0.15) is 5.75 Å². The standard InChI is InChI=1S/C22H28O/c1-3-19-11-13-20(14-12-19)9-7-5-6-8-10-21-15-17-22(18-16-21)23-4-2/h7-10,15-20H,3-4,11-14H2,1-2H3/b9-7+,10-8+. The van der Waals surface area contributed by atoms with Crippen molar-refractivity contribution in [2.75, 3.05) is 6.61 Å². The molecule has 1 aromatic carbocycles. The highest BCUT2D eigenvalue weighted by Crippen LogP contribution is 2.31. The Morgan fingerprint density at radius 2 is 1.70 bits per heavy atom. The summed E-state index contributed by atoms with van der Waals surface area (Å²) in [5, 5.41) is 0. The minimum absolute atomic E-state index is 0.701. The highest BCUT2D eigenvalue weighted by atomic mass is 16.5. The lowest BCUT2D eigenvalue weighted by molar-refractivity contribution is 0.304. The topological polar surface area (TPSA) is 9.23 Å². The van der Waals surface area contributed by atoms with Crippen LogP contribution in [0.5, 0.6) is 5.75 Å². The molecule has 23 heavy (non-hydrogen) atoms. The quantitative estimate of drug-likeness (QED) is 0.618. The Morgan fingerprint density at radius 1 is 1.00 bits per heavy atom. The fourth-order valence-corrected chi connectivity index (χ4v) is 3.05. The summed E-state index contributed by atoms with van der Waals surface area (Å²) in [6.45, 7) is 5.00. The van der Waals surface area contributed by atoms with Crippen LogP contribution in [0.3, 0.4) is 0 Å². The van der Waals surface area contributed by atoms with Crippen molar-refractivity contribution in [3.05, 3.63) is 48.1 Å². The van der Waals surface area contributed by atoms with Crippen LogP contribution in [-0.4, -0.2) is 6.61 Å². The van der Waals surface area contributed by atoms with Crippen molar-refractivity contribution < 1.29 is 4.74 Å². The SMILES string of the molecule is CCOc1ccc(/C=C/C#C/C=C/C2CCC(CC)CC2)cc1. The summed E-state index contributed by atoms with van der Waals surface area (Å²) in [4.78, 5) is 0. The zero-order chi connectivity index (χ0) is 16.3. The lowest BCUT2D eigenvalue weighted by atomic mass is 9.81. The molecule has 0 spiro atoms. The molecule has 0 aliphatic heterocycles. The van der Waals surface area contributed by atoms with Gasteiger partial charge in [-0.1, -0.05) is 43.4 Å². The predicted octanol–water partition coefficient (Wildman–Crippen LogP) is 5.87. The van der Waals surface area contributed by atoms with Crippen molar-refractivity contribution in [1.82, 2.24) is 0 Å². The van der Waals surface area contributed by atoms with Crippen LogP contribution < -0.4 is 4.74 Å². The molecular formula is C22H28O. The first kappa shape index (κ1) is 17.4. The average molecular weight is 308 g/mol. The normalized spacial score (nSPS) is 21.3. The van der Waals surface area contributed by atoms with E-state index in [9.17, 15) is 0 Å². The smallest absolute Gasteiger partial charge is 0.119 e. The van der Waals surface area contributed by atoms with Crippen molar-refractivity contribution >= 4 is 6.08 Å². The third-order valence-electron chi connectivity index (χ3n) is 4.55.